The minimum atomic E-state index is -3.29. The number of nitrogens with zero attached hydrogens (tertiary/aromatic N) is 1. The average molecular weight is 761 g/mol. The lowest BCUT2D eigenvalue weighted by molar-refractivity contribution is -0.342. The van der Waals surface area contributed by atoms with E-state index < -0.39 is 77.5 Å². The number of carbonyl (C=O) groups excluding carboxylic acids is 5. The van der Waals surface area contributed by atoms with Crippen molar-refractivity contribution in [3.05, 3.63) is 96.1 Å². The van der Waals surface area contributed by atoms with Crippen molar-refractivity contribution in [2.24, 2.45) is 0 Å². The molecule has 5 atom stereocenters. The zero-order valence-corrected chi connectivity index (χ0v) is 32.6. The summed E-state index contributed by atoms with van der Waals surface area (Å²) >= 11 is 0. The molecule has 13 nitrogen and oxygen atoms in total. The largest absolute Gasteiger partial charge is 0.544 e. The second-order valence-electron chi connectivity index (χ2n) is 15.1. The van der Waals surface area contributed by atoms with Crippen molar-refractivity contribution in [2.45, 2.75) is 109 Å². The first-order valence-electron chi connectivity index (χ1n) is 18.2. The van der Waals surface area contributed by atoms with Gasteiger partial charge in [-0.25, -0.2) is 9.59 Å². The van der Waals surface area contributed by atoms with E-state index in [1.54, 1.807) is 60.6 Å². The van der Waals surface area contributed by atoms with Gasteiger partial charge in [-0.3, -0.25) is 9.59 Å². The predicted molar refractivity (Wildman–Crippen MR) is 197 cm³/mol. The van der Waals surface area contributed by atoms with Gasteiger partial charge in [0.2, 0.25) is 0 Å². The van der Waals surface area contributed by atoms with E-state index in [1.165, 1.54) is 6.92 Å². The van der Waals surface area contributed by atoms with Crippen molar-refractivity contribution < 1.29 is 57.5 Å². The molecule has 0 aromatic heterocycles. The van der Waals surface area contributed by atoms with Gasteiger partial charge in [0.05, 0.1) is 6.61 Å². The summed E-state index contributed by atoms with van der Waals surface area (Å²) < 4.78 is 33.1. The molecule has 296 valence electrons. The van der Waals surface area contributed by atoms with E-state index >= 15 is 0 Å². The molecule has 3 aromatic carbocycles. The summed E-state index contributed by atoms with van der Waals surface area (Å²) in [5, 5.41) is 12.5. The number of para-hydroxylation sites is 1. The Morgan fingerprint density at radius 3 is 1.87 bits per heavy atom. The first-order valence-corrected chi connectivity index (χ1v) is 18.2. The molecule has 0 aliphatic carbocycles. The lowest BCUT2D eigenvalue weighted by Gasteiger charge is -2.37. The SMILES string of the molecule is CCOC(=O)[C@@]1(C(=O)[O-])O[C@H](C(=O)OC(C)(C)C)[C@@H](C(=O)N(CC(=O)OC(C)(C)C)[C@H](C)[C@H](CCc2ccccc2)c2ccc(Oc3ccccc3)cc2)O1. The zero-order chi connectivity index (χ0) is 40.6. The van der Waals surface area contributed by atoms with Crippen LogP contribution in [0.3, 0.4) is 0 Å². The minimum absolute atomic E-state index is 0.281. The molecule has 1 saturated heterocycles. The van der Waals surface area contributed by atoms with Crippen LogP contribution >= 0.6 is 0 Å². The van der Waals surface area contributed by atoms with Crippen LogP contribution in [-0.4, -0.2) is 83.1 Å². The molecule has 13 heteroatoms. The van der Waals surface area contributed by atoms with E-state index in [0.717, 1.165) is 16.0 Å². The van der Waals surface area contributed by atoms with Gasteiger partial charge in [-0.15, -0.1) is 0 Å². The molecule has 0 saturated carbocycles. The smallest absolute Gasteiger partial charge is 0.373 e. The summed E-state index contributed by atoms with van der Waals surface area (Å²) in [7, 11) is 0. The molecule has 1 amide bonds. The molecule has 0 radical (unpaired) electrons. The molecular formula is C42H50NO12-. The normalized spacial score (nSPS) is 19.4. The zero-order valence-electron chi connectivity index (χ0n) is 32.6. The van der Waals surface area contributed by atoms with Gasteiger partial charge in [0, 0.05) is 12.0 Å². The van der Waals surface area contributed by atoms with Crippen LogP contribution in [0.25, 0.3) is 0 Å². The summed E-state index contributed by atoms with van der Waals surface area (Å²) in [6.45, 7) is 11.9. The number of hydrogen-bond acceptors (Lipinski definition) is 12. The third-order valence-electron chi connectivity index (χ3n) is 8.51. The molecule has 3 aromatic rings. The number of aryl methyl sites for hydroxylation is 1. The molecule has 0 N–H and O–H groups in total. The van der Waals surface area contributed by atoms with Gasteiger partial charge < -0.3 is 43.2 Å². The second-order valence-corrected chi connectivity index (χ2v) is 15.1. The van der Waals surface area contributed by atoms with E-state index in [4.69, 9.17) is 28.4 Å². The van der Waals surface area contributed by atoms with E-state index in [9.17, 15) is 29.1 Å². The quantitative estimate of drug-likeness (QED) is 0.117. The number of carboxylic acids is 1. The molecule has 55 heavy (non-hydrogen) atoms. The van der Waals surface area contributed by atoms with Gasteiger partial charge in [-0.05, 0) is 104 Å². The number of carbonyl (C=O) groups is 5. The van der Waals surface area contributed by atoms with Crippen molar-refractivity contribution in [2.75, 3.05) is 13.2 Å². The fourth-order valence-corrected chi connectivity index (χ4v) is 6.10. The maximum absolute atomic E-state index is 14.8. The van der Waals surface area contributed by atoms with Crippen LogP contribution in [0.4, 0.5) is 0 Å². The van der Waals surface area contributed by atoms with Gasteiger partial charge in [0.25, 0.3) is 5.91 Å². The summed E-state index contributed by atoms with van der Waals surface area (Å²) in [5.74, 6) is -9.27. The third-order valence-corrected chi connectivity index (χ3v) is 8.51. The molecular weight excluding hydrogens is 710 g/mol. The van der Waals surface area contributed by atoms with Crippen LogP contribution in [0, 0.1) is 0 Å². The maximum atomic E-state index is 14.8. The Labute approximate surface area is 321 Å². The van der Waals surface area contributed by atoms with Gasteiger partial charge in [0.1, 0.15) is 35.2 Å². The summed E-state index contributed by atoms with van der Waals surface area (Å²) in [6.07, 6.45) is -3.10. The number of esters is 3. The van der Waals surface area contributed by atoms with Gasteiger partial charge in [-0.2, -0.15) is 0 Å². The highest BCUT2D eigenvalue weighted by atomic mass is 16.8. The topological polar surface area (TPSA) is 167 Å². The Bertz CT molecular complexity index is 1780. The third kappa shape index (κ3) is 11.4. The monoisotopic (exact) mass is 760 g/mol. The molecule has 4 rings (SSSR count). The van der Waals surface area contributed by atoms with Crippen LogP contribution in [0.2, 0.25) is 0 Å². The lowest BCUT2D eigenvalue weighted by atomic mass is 9.85. The number of ether oxygens (including phenoxy) is 6. The van der Waals surface area contributed by atoms with Crippen molar-refractivity contribution in [3.63, 3.8) is 0 Å². The number of carboxylic acid groups (broad SMARTS) is 1. The first-order chi connectivity index (χ1) is 25.8. The summed E-state index contributed by atoms with van der Waals surface area (Å²) in [6, 6.07) is 25.5. The predicted octanol–water partition coefficient (Wildman–Crippen LogP) is 4.89. The van der Waals surface area contributed by atoms with E-state index in [0.29, 0.717) is 24.3 Å². The van der Waals surface area contributed by atoms with Gasteiger partial charge in [0.15, 0.2) is 12.2 Å². The van der Waals surface area contributed by atoms with Crippen LogP contribution in [0.1, 0.15) is 78.9 Å². The average Bonchev–Trinajstić information content (AvgIpc) is 3.54. The van der Waals surface area contributed by atoms with Crippen LogP contribution < -0.4 is 9.84 Å². The Morgan fingerprint density at radius 2 is 1.33 bits per heavy atom. The molecule has 0 bridgehead atoms. The molecule has 1 fully saturated rings. The highest BCUT2D eigenvalue weighted by molar-refractivity contribution is 6.02. The highest BCUT2D eigenvalue weighted by Crippen LogP contribution is 2.36. The lowest BCUT2D eigenvalue weighted by Crippen LogP contribution is -2.57. The molecule has 1 aliphatic rings. The highest BCUT2D eigenvalue weighted by Gasteiger charge is 2.62. The Hall–Kier alpha value is -5.27. The van der Waals surface area contributed by atoms with Crippen molar-refractivity contribution in [3.8, 4) is 11.5 Å². The number of benzene rings is 3. The molecule has 1 heterocycles. The molecule has 0 unspecified atom stereocenters. The first kappa shape index (κ1) is 42.5. The maximum Gasteiger partial charge on any atom is 0.373 e. The number of hydrogen-bond donors (Lipinski definition) is 0. The van der Waals surface area contributed by atoms with Crippen LogP contribution in [0.5, 0.6) is 11.5 Å². The Balaban J connectivity index is 1.79. The Kier molecular flexibility index (Phi) is 13.8. The van der Waals surface area contributed by atoms with E-state index in [-0.39, 0.29) is 6.61 Å². The van der Waals surface area contributed by atoms with Crippen molar-refractivity contribution in [1.82, 2.24) is 4.90 Å². The van der Waals surface area contributed by atoms with Gasteiger partial charge in [-0.1, -0.05) is 60.7 Å². The minimum Gasteiger partial charge on any atom is -0.544 e. The van der Waals surface area contributed by atoms with Crippen LogP contribution in [-0.2, 0) is 54.1 Å². The van der Waals surface area contributed by atoms with Crippen LogP contribution in [0.15, 0.2) is 84.9 Å². The fourth-order valence-electron chi connectivity index (χ4n) is 6.10. The van der Waals surface area contributed by atoms with Crippen molar-refractivity contribution in [1.29, 1.82) is 0 Å². The number of rotatable bonds is 15. The second kappa shape index (κ2) is 17.9. The summed E-state index contributed by atoms with van der Waals surface area (Å²) in [4.78, 5) is 68.7. The van der Waals surface area contributed by atoms with E-state index in [2.05, 4.69) is 0 Å². The molecule has 0 spiro atoms. The summed E-state index contributed by atoms with van der Waals surface area (Å²) in [5.41, 5.74) is -0.239. The standard InChI is InChI=1S/C42H51NO12/c1-9-50-39(49)42(38(47)48)53-34(35(54-42)37(46)55-41(6,7)8)36(45)43(26-33(44)52-40(3,4)5)27(2)32(25-20-28-16-12-10-13-17-28)29-21-23-31(24-22-29)51-30-18-14-11-15-19-30/h10-19,21-24,27,32,34-35H,9,20,25-26H2,1-8H3,(H,47,48)/p-1/t27-,32+,34+,35+,42-/m1/s1. The van der Waals surface area contributed by atoms with E-state index in [1.807, 2.05) is 72.8 Å². The number of amides is 1. The number of aliphatic carboxylic acids is 1. The fraction of sp³-hybridized carbons (Fsp3) is 0.452. The van der Waals surface area contributed by atoms with Gasteiger partial charge >= 0.3 is 23.7 Å². The Morgan fingerprint density at radius 1 is 0.782 bits per heavy atom. The molecule has 1 aliphatic heterocycles. The van der Waals surface area contributed by atoms with Crippen molar-refractivity contribution >= 4 is 29.8 Å².